The average molecular weight is 209 g/mol. The molecule has 1 rings (SSSR count). The van der Waals surface area contributed by atoms with Gasteiger partial charge in [0.1, 0.15) is 5.75 Å². The molecule has 0 amide bonds. The van der Waals surface area contributed by atoms with E-state index in [0.29, 0.717) is 5.56 Å². The number of phenols is 1. The third-order valence-electron chi connectivity index (χ3n) is 1.79. The van der Waals surface area contributed by atoms with Gasteiger partial charge in [0.25, 0.3) is 0 Å². The first-order valence-corrected chi connectivity index (χ1v) is 4.30. The molecular weight excluding hydrogens is 198 g/mol. The van der Waals surface area contributed by atoms with Gasteiger partial charge in [-0.1, -0.05) is 12.1 Å². The van der Waals surface area contributed by atoms with E-state index in [-0.39, 0.29) is 5.75 Å². The molecule has 0 aliphatic rings. The smallest absolute Gasteiger partial charge is 0.330 e. The molecule has 0 heterocycles. The fourth-order valence-corrected chi connectivity index (χ4v) is 0.956. The fraction of sp³-hybridized carbons (Fsp3) is 0.200. The van der Waals surface area contributed by atoms with Crippen molar-refractivity contribution in [2.75, 3.05) is 6.61 Å². The molecule has 5 heteroatoms. The van der Waals surface area contributed by atoms with E-state index >= 15 is 0 Å². The molecule has 0 bridgehead atoms. The highest BCUT2D eigenvalue weighted by molar-refractivity contribution is 5.85. The van der Waals surface area contributed by atoms with E-state index in [1.807, 2.05) is 0 Å². The van der Waals surface area contributed by atoms with Gasteiger partial charge in [-0.2, -0.15) is 0 Å². The van der Waals surface area contributed by atoms with E-state index in [1.165, 1.54) is 12.3 Å². The number of para-hydroxylation sites is 1. The van der Waals surface area contributed by atoms with Crippen molar-refractivity contribution < 1.29 is 20.1 Å². The Morgan fingerprint density at radius 1 is 1.47 bits per heavy atom. The summed E-state index contributed by atoms with van der Waals surface area (Å²) in [6.07, 6.45) is 1.23. The van der Waals surface area contributed by atoms with Gasteiger partial charge in [-0.15, -0.1) is 0 Å². The molecule has 0 aromatic heterocycles. The zero-order chi connectivity index (χ0) is 11.3. The molecule has 0 radical (unpaired) electrons. The van der Waals surface area contributed by atoms with Crippen LogP contribution in [0, 0.1) is 0 Å². The lowest BCUT2D eigenvalue weighted by atomic mass is 10.2. The molecule has 0 saturated heterocycles. The van der Waals surface area contributed by atoms with Gasteiger partial charge >= 0.3 is 5.97 Å². The van der Waals surface area contributed by atoms with Crippen molar-refractivity contribution in [1.82, 2.24) is 0 Å². The first-order valence-electron chi connectivity index (χ1n) is 4.30. The number of carboxylic acids is 1. The highest BCUT2D eigenvalue weighted by Gasteiger charge is 2.13. The van der Waals surface area contributed by atoms with Crippen LogP contribution < -0.4 is 0 Å². The summed E-state index contributed by atoms with van der Waals surface area (Å²) in [4.78, 5) is 14.1. The van der Waals surface area contributed by atoms with Crippen molar-refractivity contribution in [2.24, 2.45) is 4.99 Å². The third kappa shape index (κ3) is 3.07. The predicted octanol–water partition coefficient (Wildman–Crippen LogP) is 0.257. The number of aliphatic hydroxyl groups is 1. The van der Waals surface area contributed by atoms with Crippen molar-refractivity contribution in [3.05, 3.63) is 29.8 Å². The molecule has 1 aromatic carbocycles. The maximum Gasteiger partial charge on any atom is 0.330 e. The van der Waals surface area contributed by atoms with E-state index < -0.39 is 18.6 Å². The molecule has 5 nitrogen and oxygen atoms in total. The number of aromatic hydroxyl groups is 1. The Hall–Kier alpha value is -1.88. The van der Waals surface area contributed by atoms with Crippen LogP contribution in [0.15, 0.2) is 29.3 Å². The first kappa shape index (κ1) is 11.2. The molecule has 1 aromatic rings. The molecule has 3 N–H and O–H groups in total. The van der Waals surface area contributed by atoms with Gasteiger partial charge in [0.2, 0.25) is 0 Å². The standard InChI is InChI=1S/C10H11NO4/c12-6-8(10(14)15)11-5-7-3-1-2-4-9(7)13/h1-5,8,12-13H,6H2,(H,14,15)/b11-5+. The van der Waals surface area contributed by atoms with Gasteiger partial charge in [-0.3, -0.25) is 4.99 Å². The minimum Gasteiger partial charge on any atom is -0.507 e. The summed E-state index contributed by atoms with van der Waals surface area (Å²) in [6.45, 7) is -0.570. The minimum absolute atomic E-state index is 0.0170. The van der Waals surface area contributed by atoms with Crippen LogP contribution in [0.2, 0.25) is 0 Å². The highest BCUT2D eigenvalue weighted by Crippen LogP contribution is 2.12. The summed E-state index contributed by atoms with van der Waals surface area (Å²) in [7, 11) is 0. The SMILES string of the molecule is O=C(O)C(CO)/N=C/c1ccccc1O. The first-order chi connectivity index (χ1) is 7.15. The summed E-state index contributed by atoms with van der Waals surface area (Å²) in [5.41, 5.74) is 0.414. The summed E-state index contributed by atoms with van der Waals surface area (Å²) in [6, 6.07) is 5.21. The topological polar surface area (TPSA) is 90.1 Å². The van der Waals surface area contributed by atoms with Crippen molar-refractivity contribution in [3.8, 4) is 5.75 Å². The lowest BCUT2D eigenvalue weighted by molar-refractivity contribution is -0.139. The van der Waals surface area contributed by atoms with Crippen LogP contribution >= 0.6 is 0 Å². The van der Waals surface area contributed by atoms with Crippen molar-refractivity contribution in [1.29, 1.82) is 0 Å². The molecule has 0 aliphatic heterocycles. The van der Waals surface area contributed by atoms with Crippen molar-refractivity contribution in [3.63, 3.8) is 0 Å². The van der Waals surface area contributed by atoms with E-state index in [9.17, 15) is 9.90 Å². The van der Waals surface area contributed by atoms with Crippen LogP contribution in [0.25, 0.3) is 0 Å². The molecule has 80 valence electrons. The number of carboxylic acid groups (broad SMARTS) is 1. The van der Waals surface area contributed by atoms with Gasteiger partial charge < -0.3 is 15.3 Å². The maximum absolute atomic E-state index is 10.5. The van der Waals surface area contributed by atoms with Gasteiger partial charge in [-0.25, -0.2) is 4.79 Å². The fourth-order valence-electron chi connectivity index (χ4n) is 0.956. The summed E-state index contributed by atoms with van der Waals surface area (Å²) in [5, 5.41) is 26.6. The Labute approximate surface area is 86.3 Å². The average Bonchev–Trinajstić information content (AvgIpc) is 2.21. The number of aliphatic imine (C=N–C) groups is 1. The Morgan fingerprint density at radius 2 is 2.13 bits per heavy atom. The van der Waals surface area contributed by atoms with Crippen LogP contribution in [0.4, 0.5) is 0 Å². The van der Waals surface area contributed by atoms with Crippen molar-refractivity contribution >= 4 is 12.2 Å². The maximum atomic E-state index is 10.5. The van der Waals surface area contributed by atoms with Crippen LogP contribution in [-0.2, 0) is 4.79 Å². The number of phenolic OH excluding ortho intramolecular Hbond substituents is 1. The van der Waals surface area contributed by atoms with E-state index in [0.717, 1.165) is 0 Å². The molecule has 1 unspecified atom stereocenters. The normalized spacial score (nSPS) is 12.9. The van der Waals surface area contributed by atoms with E-state index in [4.69, 9.17) is 10.2 Å². The number of benzene rings is 1. The van der Waals surface area contributed by atoms with E-state index in [2.05, 4.69) is 4.99 Å². The number of carbonyl (C=O) groups is 1. The Balaban J connectivity index is 2.81. The lowest BCUT2D eigenvalue weighted by Gasteiger charge is -2.02. The van der Waals surface area contributed by atoms with Crippen molar-refractivity contribution in [2.45, 2.75) is 6.04 Å². The number of rotatable bonds is 4. The summed E-state index contributed by atoms with van der Waals surface area (Å²) in [5.74, 6) is -1.19. The zero-order valence-electron chi connectivity index (χ0n) is 7.87. The van der Waals surface area contributed by atoms with Crippen LogP contribution in [0.3, 0.4) is 0 Å². The zero-order valence-corrected chi connectivity index (χ0v) is 7.87. The summed E-state index contributed by atoms with van der Waals surface area (Å²) >= 11 is 0. The second kappa shape index (κ2) is 5.11. The van der Waals surface area contributed by atoms with Crippen LogP contribution in [-0.4, -0.2) is 40.2 Å². The summed E-state index contributed by atoms with van der Waals surface area (Å²) < 4.78 is 0. The molecule has 0 saturated carbocycles. The largest absolute Gasteiger partial charge is 0.507 e. The number of nitrogens with zero attached hydrogens (tertiary/aromatic N) is 1. The molecular formula is C10H11NO4. The quantitative estimate of drug-likeness (QED) is 0.620. The molecule has 0 aliphatic carbocycles. The number of hydrogen-bond acceptors (Lipinski definition) is 4. The monoisotopic (exact) mass is 209 g/mol. The highest BCUT2D eigenvalue weighted by atomic mass is 16.4. The Kier molecular flexibility index (Phi) is 3.82. The van der Waals surface area contributed by atoms with Crippen LogP contribution in [0.1, 0.15) is 5.56 Å². The predicted molar refractivity (Wildman–Crippen MR) is 54.2 cm³/mol. The lowest BCUT2D eigenvalue weighted by Crippen LogP contribution is -2.22. The van der Waals surface area contributed by atoms with Crippen LogP contribution in [0.5, 0.6) is 5.75 Å². The minimum atomic E-state index is -1.20. The Bertz CT molecular complexity index is 375. The van der Waals surface area contributed by atoms with Gasteiger partial charge in [0, 0.05) is 11.8 Å². The van der Waals surface area contributed by atoms with E-state index in [1.54, 1.807) is 18.2 Å². The number of aliphatic hydroxyl groups excluding tert-OH is 1. The molecule has 15 heavy (non-hydrogen) atoms. The second-order valence-corrected chi connectivity index (χ2v) is 2.87. The molecule has 0 fully saturated rings. The van der Waals surface area contributed by atoms with Gasteiger partial charge in [-0.05, 0) is 12.1 Å². The Morgan fingerprint density at radius 3 is 2.67 bits per heavy atom. The molecule has 0 spiro atoms. The van der Waals surface area contributed by atoms with Gasteiger partial charge in [0.15, 0.2) is 6.04 Å². The van der Waals surface area contributed by atoms with Gasteiger partial charge in [0.05, 0.1) is 6.61 Å². The second-order valence-electron chi connectivity index (χ2n) is 2.87. The number of aliphatic carboxylic acids is 1. The number of hydrogen-bond donors (Lipinski definition) is 3. The third-order valence-corrected chi connectivity index (χ3v) is 1.79. The molecule has 1 atom stereocenters.